The lowest BCUT2D eigenvalue weighted by molar-refractivity contribution is 0.261. The number of rotatable bonds is 7. The molecule has 0 spiro atoms. The first-order valence-corrected chi connectivity index (χ1v) is 6.73. The lowest BCUT2D eigenvalue weighted by Crippen LogP contribution is -2.19. The van der Waals surface area contributed by atoms with Crippen LogP contribution in [-0.4, -0.2) is 41.7 Å². The highest BCUT2D eigenvalue weighted by molar-refractivity contribution is 5.48. The van der Waals surface area contributed by atoms with Crippen LogP contribution in [0.3, 0.4) is 0 Å². The second-order valence-electron chi connectivity index (χ2n) is 4.99. The molecule has 0 radical (unpaired) electrons. The van der Waals surface area contributed by atoms with Crippen LogP contribution >= 0.6 is 0 Å². The van der Waals surface area contributed by atoms with E-state index < -0.39 is 0 Å². The summed E-state index contributed by atoms with van der Waals surface area (Å²) < 4.78 is 7.72. The summed E-state index contributed by atoms with van der Waals surface area (Å²) >= 11 is 0. The van der Waals surface area contributed by atoms with Gasteiger partial charge in [0.2, 0.25) is 0 Å². The Balaban J connectivity index is 1.87. The standard InChI is InChI=1S/C15H22N4O/c1-18(2)9-10-20-14-6-4-5-13(11-14)17-12-15-16-7-8-19(15)3/h4-8,11,17H,9-10,12H2,1-3H3. The van der Waals surface area contributed by atoms with Crippen LogP contribution in [-0.2, 0) is 13.6 Å². The van der Waals surface area contributed by atoms with Gasteiger partial charge >= 0.3 is 0 Å². The number of aromatic nitrogens is 2. The van der Waals surface area contributed by atoms with Crippen molar-refractivity contribution in [1.29, 1.82) is 0 Å². The van der Waals surface area contributed by atoms with E-state index in [4.69, 9.17) is 4.74 Å². The van der Waals surface area contributed by atoms with Crippen LogP contribution in [0.5, 0.6) is 5.75 Å². The van der Waals surface area contributed by atoms with Gasteiger partial charge < -0.3 is 19.5 Å². The van der Waals surface area contributed by atoms with E-state index in [0.29, 0.717) is 13.2 Å². The molecular formula is C15H22N4O. The van der Waals surface area contributed by atoms with Crippen molar-refractivity contribution < 1.29 is 4.74 Å². The molecule has 0 saturated carbocycles. The quantitative estimate of drug-likeness (QED) is 0.838. The highest BCUT2D eigenvalue weighted by Crippen LogP contribution is 2.17. The Labute approximate surface area is 120 Å². The fraction of sp³-hybridized carbons (Fsp3) is 0.400. The van der Waals surface area contributed by atoms with Crippen LogP contribution < -0.4 is 10.1 Å². The Bertz CT molecular complexity index is 536. The van der Waals surface area contributed by atoms with Gasteiger partial charge in [-0.2, -0.15) is 0 Å². The van der Waals surface area contributed by atoms with Gasteiger partial charge in [0.15, 0.2) is 0 Å². The van der Waals surface area contributed by atoms with Crippen LogP contribution in [0.4, 0.5) is 5.69 Å². The molecule has 0 unspecified atom stereocenters. The lowest BCUT2D eigenvalue weighted by Gasteiger charge is -2.12. The van der Waals surface area contributed by atoms with E-state index in [1.54, 1.807) is 6.20 Å². The summed E-state index contributed by atoms with van der Waals surface area (Å²) in [5.41, 5.74) is 1.04. The van der Waals surface area contributed by atoms with E-state index in [9.17, 15) is 0 Å². The van der Waals surface area contributed by atoms with Crippen molar-refractivity contribution in [1.82, 2.24) is 14.5 Å². The van der Waals surface area contributed by atoms with Gasteiger partial charge in [-0.15, -0.1) is 0 Å². The number of nitrogens with one attached hydrogen (secondary N) is 1. The lowest BCUT2D eigenvalue weighted by atomic mass is 10.3. The molecule has 5 heteroatoms. The summed E-state index contributed by atoms with van der Waals surface area (Å²) in [6, 6.07) is 8.01. The molecule has 5 nitrogen and oxygen atoms in total. The van der Waals surface area contributed by atoms with Crippen LogP contribution in [0.25, 0.3) is 0 Å². The van der Waals surface area contributed by atoms with Crippen molar-refractivity contribution in [3.05, 3.63) is 42.5 Å². The summed E-state index contributed by atoms with van der Waals surface area (Å²) in [5, 5.41) is 3.35. The Morgan fingerprint density at radius 2 is 2.20 bits per heavy atom. The van der Waals surface area contributed by atoms with E-state index >= 15 is 0 Å². The topological polar surface area (TPSA) is 42.3 Å². The van der Waals surface area contributed by atoms with Gasteiger partial charge in [0.05, 0.1) is 6.54 Å². The van der Waals surface area contributed by atoms with E-state index in [2.05, 4.69) is 15.2 Å². The predicted octanol–water partition coefficient (Wildman–Crippen LogP) is 1.97. The van der Waals surface area contributed by atoms with Crippen molar-refractivity contribution in [3.63, 3.8) is 0 Å². The highest BCUT2D eigenvalue weighted by Gasteiger charge is 2.01. The fourth-order valence-corrected chi connectivity index (χ4v) is 1.79. The largest absolute Gasteiger partial charge is 0.492 e. The number of benzene rings is 1. The summed E-state index contributed by atoms with van der Waals surface area (Å²) in [6.45, 7) is 2.30. The first kappa shape index (κ1) is 14.4. The van der Waals surface area contributed by atoms with Gasteiger partial charge in [0, 0.05) is 37.7 Å². The Morgan fingerprint density at radius 1 is 1.35 bits per heavy atom. The minimum absolute atomic E-state index is 0.690. The zero-order valence-electron chi connectivity index (χ0n) is 12.3. The monoisotopic (exact) mass is 274 g/mol. The number of imidazole rings is 1. The van der Waals surface area contributed by atoms with Gasteiger partial charge in [-0.1, -0.05) is 6.07 Å². The maximum atomic E-state index is 5.72. The first-order valence-electron chi connectivity index (χ1n) is 6.73. The average Bonchev–Trinajstić information content (AvgIpc) is 2.82. The molecular weight excluding hydrogens is 252 g/mol. The molecule has 0 atom stereocenters. The van der Waals surface area contributed by atoms with Crippen molar-refractivity contribution >= 4 is 5.69 Å². The average molecular weight is 274 g/mol. The summed E-state index contributed by atoms with van der Waals surface area (Å²) in [4.78, 5) is 6.39. The number of nitrogens with zero attached hydrogens (tertiary/aromatic N) is 3. The smallest absolute Gasteiger partial charge is 0.127 e. The zero-order valence-corrected chi connectivity index (χ0v) is 12.3. The van der Waals surface area contributed by atoms with Crippen LogP contribution in [0.15, 0.2) is 36.7 Å². The molecule has 0 aliphatic heterocycles. The third-order valence-corrected chi connectivity index (χ3v) is 3.01. The van der Waals surface area contributed by atoms with Crippen LogP contribution in [0.2, 0.25) is 0 Å². The van der Waals surface area contributed by atoms with E-state index in [0.717, 1.165) is 23.8 Å². The second-order valence-corrected chi connectivity index (χ2v) is 4.99. The number of hydrogen-bond acceptors (Lipinski definition) is 4. The molecule has 0 fully saturated rings. The van der Waals surface area contributed by atoms with Crippen LogP contribution in [0.1, 0.15) is 5.82 Å². The molecule has 20 heavy (non-hydrogen) atoms. The maximum absolute atomic E-state index is 5.72. The molecule has 0 aliphatic rings. The molecule has 108 valence electrons. The fourth-order valence-electron chi connectivity index (χ4n) is 1.79. The van der Waals surface area contributed by atoms with Crippen molar-refractivity contribution in [2.45, 2.75) is 6.54 Å². The minimum atomic E-state index is 0.690. The van der Waals surface area contributed by atoms with E-state index in [-0.39, 0.29) is 0 Å². The number of anilines is 1. The van der Waals surface area contributed by atoms with Gasteiger partial charge in [0.1, 0.15) is 18.2 Å². The van der Waals surface area contributed by atoms with Crippen LogP contribution in [0, 0.1) is 0 Å². The molecule has 2 rings (SSSR count). The van der Waals surface area contributed by atoms with Gasteiger partial charge in [-0.05, 0) is 26.2 Å². The Morgan fingerprint density at radius 3 is 2.90 bits per heavy atom. The van der Waals surface area contributed by atoms with E-state index in [1.165, 1.54) is 0 Å². The van der Waals surface area contributed by atoms with Gasteiger partial charge in [-0.25, -0.2) is 4.98 Å². The molecule has 0 amide bonds. The minimum Gasteiger partial charge on any atom is -0.492 e. The van der Waals surface area contributed by atoms with E-state index in [1.807, 2.05) is 56.2 Å². The second kappa shape index (κ2) is 6.96. The molecule has 2 aromatic rings. The number of hydrogen-bond donors (Lipinski definition) is 1. The van der Waals surface area contributed by atoms with Gasteiger partial charge in [0.25, 0.3) is 0 Å². The molecule has 1 heterocycles. The normalized spacial score (nSPS) is 10.8. The van der Waals surface area contributed by atoms with Gasteiger partial charge in [-0.3, -0.25) is 0 Å². The molecule has 0 aliphatic carbocycles. The molecule has 0 saturated heterocycles. The Hall–Kier alpha value is -2.01. The Kier molecular flexibility index (Phi) is 5.01. The van der Waals surface area contributed by atoms with Crippen molar-refractivity contribution in [3.8, 4) is 5.75 Å². The number of likely N-dealkylation sites (N-methyl/N-ethyl adjacent to an activating group) is 1. The number of aryl methyl sites for hydroxylation is 1. The summed E-state index contributed by atoms with van der Waals surface area (Å²) in [6.07, 6.45) is 3.75. The zero-order chi connectivity index (χ0) is 14.4. The third-order valence-electron chi connectivity index (χ3n) is 3.01. The maximum Gasteiger partial charge on any atom is 0.127 e. The number of ether oxygens (including phenoxy) is 1. The summed E-state index contributed by atoms with van der Waals surface area (Å²) in [7, 11) is 6.06. The predicted molar refractivity (Wildman–Crippen MR) is 81.0 cm³/mol. The van der Waals surface area contributed by atoms with Crippen molar-refractivity contribution in [2.24, 2.45) is 7.05 Å². The summed E-state index contributed by atoms with van der Waals surface area (Å²) in [5.74, 6) is 1.89. The molecule has 0 bridgehead atoms. The SMILES string of the molecule is CN(C)CCOc1cccc(NCc2nccn2C)c1. The molecule has 1 aromatic heterocycles. The highest BCUT2D eigenvalue weighted by atomic mass is 16.5. The first-order chi connectivity index (χ1) is 9.65. The molecule has 1 aromatic carbocycles. The third kappa shape index (κ3) is 4.28. The van der Waals surface area contributed by atoms with Crippen molar-refractivity contribution in [2.75, 3.05) is 32.6 Å². The molecule has 1 N–H and O–H groups in total.